The molecule has 4 rings (SSSR count). The molecule has 21 heavy (non-hydrogen) atoms. The number of hydrogen-bond acceptors (Lipinski definition) is 3. The van der Waals surface area contributed by atoms with Crippen molar-refractivity contribution in [3.05, 3.63) is 72.4 Å². The Balaban J connectivity index is 1.77. The van der Waals surface area contributed by atoms with E-state index in [-0.39, 0.29) is 0 Å². The average Bonchev–Trinajstić information content (AvgIpc) is 3.05. The first-order chi connectivity index (χ1) is 10.4. The minimum Gasteiger partial charge on any atom is -0.264 e. The van der Waals surface area contributed by atoms with Crippen LogP contribution in [0.5, 0.6) is 0 Å². The highest BCUT2D eigenvalue weighted by Gasteiger charge is 2.07. The largest absolute Gasteiger partial charge is 0.264 e. The summed E-state index contributed by atoms with van der Waals surface area (Å²) in [5, 5.41) is 5.60. The number of pyridine rings is 1. The number of thiazole rings is 1. The van der Waals surface area contributed by atoms with Gasteiger partial charge in [-0.15, -0.1) is 11.3 Å². The summed E-state index contributed by atoms with van der Waals surface area (Å²) < 4.78 is 0. The molecule has 4 aromatic rings. The molecule has 0 radical (unpaired) electrons. The molecule has 2 aromatic heterocycles. The van der Waals surface area contributed by atoms with Crippen molar-refractivity contribution in [1.82, 2.24) is 9.97 Å². The van der Waals surface area contributed by atoms with Crippen LogP contribution in [0.15, 0.2) is 72.4 Å². The maximum absolute atomic E-state index is 4.74. The lowest BCUT2D eigenvalue weighted by molar-refractivity contribution is 1.31. The normalized spacial score (nSPS) is 10.9. The van der Waals surface area contributed by atoms with E-state index in [1.165, 1.54) is 10.8 Å². The summed E-state index contributed by atoms with van der Waals surface area (Å²) in [7, 11) is 0. The second-order valence-corrected chi connectivity index (χ2v) is 5.70. The van der Waals surface area contributed by atoms with Crippen LogP contribution in [0.2, 0.25) is 0 Å². The number of rotatable bonds is 2. The van der Waals surface area contributed by atoms with Crippen molar-refractivity contribution in [1.29, 1.82) is 0 Å². The molecular weight excluding hydrogens is 276 g/mol. The molecule has 3 heteroatoms. The molecule has 0 saturated carbocycles. The summed E-state index contributed by atoms with van der Waals surface area (Å²) in [6, 6.07) is 18.8. The molecule has 100 valence electrons. The molecule has 0 aliphatic carbocycles. The first kappa shape index (κ1) is 12.2. The van der Waals surface area contributed by atoms with Crippen molar-refractivity contribution in [2.75, 3.05) is 0 Å². The fraction of sp³-hybridized carbons (Fsp3) is 0. The molecule has 0 amide bonds. The van der Waals surface area contributed by atoms with E-state index < -0.39 is 0 Å². The van der Waals surface area contributed by atoms with Crippen LogP contribution in [0.25, 0.3) is 32.6 Å². The molecule has 0 aliphatic heterocycles. The molecule has 2 nitrogen and oxygen atoms in total. The summed E-state index contributed by atoms with van der Waals surface area (Å²) in [6.07, 6.45) is 3.63. The monoisotopic (exact) mass is 288 g/mol. The molecule has 0 atom stereocenters. The predicted octanol–water partition coefficient (Wildman–Crippen LogP) is 5.03. The molecule has 0 fully saturated rings. The van der Waals surface area contributed by atoms with Gasteiger partial charge in [-0.25, -0.2) is 4.98 Å². The van der Waals surface area contributed by atoms with E-state index in [1.54, 1.807) is 17.5 Å². The van der Waals surface area contributed by atoms with Crippen molar-refractivity contribution in [3.8, 4) is 21.8 Å². The van der Waals surface area contributed by atoms with Crippen LogP contribution in [-0.2, 0) is 0 Å². The number of hydrogen-bond donors (Lipinski definition) is 0. The van der Waals surface area contributed by atoms with E-state index in [9.17, 15) is 0 Å². The van der Waals surface area contributed by atoms with E-state index >= 15 is 0 Å². The van der Waals surface area contributed by atoms with E-state index in [2.05, 4.69) is 52.8 Å². The zero-order valence-electron chi connectivity index (χ0n) is 11.2. The number of fused-ring (bicyclic) bond motifs is 1. The molecule has 0 unspecified atom stereocenters. The quantitative estimate of drug-likeness (QED) is 0.517. The minimum atomic E-state index is 1.01. The minimum absolute atomic E-state index is 1.01. The van der Waals surface area contributed by atoms with Gasteiger partial charge < -0.3 is 0 Å². The van der Waals surface area contributed by atoms with E-state index in [0.717, 1.165) is 21.8 Å². The molecule has 2 aromatic carbocycles. The Kier molecular flexibility index (Phi) is 2.98. The van der Waals surface area contributed by atoms with Crippen LogP contribution in [0, 0.1) is 0 Å². The van der Waals surface area contributed by atoms with Crippen molar-refractivity contribution < 1.29 is 0 Å². The van der Waals surface area contributed by atoms with Gasteiger partial charge in [0.2, 0.25) is 0 Å². The van der Waals surface area contributed by atoms with Gasteiger partial charge in [0.15, 0.2) is 0 Å². The fourth-order valence-corrected chi connectivity index (χ4v) is 3.20. The lowest BCUT2D eigenvalue weighted by Crippen LogP contribution is -1.81. The molecule has 0 N–H and O–H groups in total. The van der Waals surface area contributed by atoms with Gasteiger partial charge in [-0.3, -0.25) is 4.98 Å². The van der Waals surface area contributed by atoms with Crippen LogP contribution < -0.4 is 0 Å². The number of nitrogens with zero attached hydrogens (tertiary/aromatic N) is 2. The highest BCUT2D eigenvalue weighted by Crippen LogP contribution is 2.30. The summed E-state index contributed by atoms with van der Waals surface area (Å²) in [5.74, 6) is 0. The Morgan fingerprint density at radius 3 is 2.57 bits per heavy atom. The van der Waals surface area contributed by atoms with Crippen LogP contribution >= 0.6 is 11.3 Å². The molecular formula is C18H12N2S. The number of benzene rings is 2. The second-order valence-electron chi connectivity index (χ2n) is 4.84. The highest BCUT2D eigenvalue weighted by molar-refractivity contribution is 7.13. The Labute approximate surface area is 126 Å². The van der Waals surface area contributed by atoms with Crippen molar-refractivity contribution in [2.45, 2.75) is 0 Å². The van der Waals surface area contributed by atoms with Gasteiger partial charge in [0.1, 0.15) is 5.01 Å². The first-order valence-electron chi connectivity index (χ1n) is 6.75. The summed E-state index contributed by atoms with van der Waals surface area (Å²) in [4.78, 5) is 8.89. The van der Waals surface area contributed by atoms with Gasteiger partial charge in [-0.1, -0.05) is 36.4 Å². The third-order valence-electron chi connectivity index (χ3n) is 3.46. The maximum atomic E-state index is 4.74. The fourth-order valence-electron chi connectivity index (χ4n) is 2.38. The van der Waals surface area contributed by atoms with Crippen molar-refractivity contribution in [2.24, 2.45) is 0 Å². The van der Waals surface area contributed by atoms with Gasteiger partial charge in [0.25, 0.3) is 0 Å². The Bertz CT molecular complexity index is 897. The molecule has 2 heterocycles. The molecule has 0 bridgehead atoms. The maximum Gasteiger partial charge on any atom is 0.125 e. The van der Waals surface area contributed by atoms with Crippen LogP contribution in [0.4, 0.5) is 0 Å². The Hall–Kier alpha value is -2.52. The topological polar surface area (TPSA) is 25.8 Å². The van der Waals surface area contributed by atoms with Crippen LogP contribution in [0.1, 0.15) is 0 Å². The third-order valence-corrected chi connectivity index (χ3v) is 4.35. The molecule has 0 spiro atoms. The van der Waals surface area contributed by atoms with Gasteiger partial charge in [-0.05, 0) is 29.0 Å². The predicted molar refractivity (Wildman–Crippen MR) is 88.3 cm³/mol. The molecule has 0 aliphatic rings. The lowest BCUT2D eigenvalue weighted by atomic mass is 10.1. The van der Waals surface area contributed by atoms with E-state index in [0.29, 0.717) is 0 Å². The highest BCUT2D eigenvalue weighted by atomic mass is 32.1. The third kappa shape index (κ3) is 2.32. The Morgan fingerprint density at radius 1 is 0.810 bits per heavy atom. The summed E-state index contributed by atoms with van der Waals surface area (Å²) in [6.45, 7) is 0. The van der Waals surface area contributed by atoms with Gasteiger partial charge in [0.05, 0.1) is 5.69 Å². The van der Waals surface area contributed by atoms with Gasteiger partial charge in [0, 0.05) is 28.9 Å². The van der Waals surface area contributed by atoms with Crippen LogP contribution in [0.3, 0.4) is 0 Å². The first-order valence-corrected chi connectivity index (χ1v) is 7.63. The zero-order valence-corrected chi connectivity index (χ0v) is 12.0. The molecule has 0 saturated heterocycles. The number of aromatic nitrogens is 2. The van der Waals surface area contributed by atoms with E-state index in [4.69, 9.17) is 4.98 Å². The zero-order chi connectivity index (χ0) is 14.1. The summed E-state index contributed by atoms with van der Waals surface area (Å²) >= 11 is 1.65. The Morgan fingerprint density at radius 2 is 1.71 bits per heavy atom. The van der Waals surface area contributed by atoms with Gasteiger partial charge in [-0.2, -0.15) is 0 Å². The van der Waals surface area contributed by atoms with Crippen molar-refractivity contribution >= 4 is 22.1 Å². The summed E-state index contributed by atoms with van der Waals surface area (Å²) in [5.41, 5.74) is 3.24. The smallest absolute Gasteiger partial charge is 0.125 e. The van der Waals surface area contributed by atoms with Crippen molar-refractivity contribution in [3.63, 3.8) is 0 Å². The van der Waals surface area contributed by atoms with Gasteiger partial charge >= 0.3 is 0 Å². The lowest BCUT2D eigenvalue weighted by Gasteiger charge is -2.01. The van der Waals surface area contributed by atoms with E-state index in [1.807, 2.05) is 18.3 Å². The second kappa shape index (κ2) is 5.11. The SMILES string of the molecule is c1cncc(-c2nc(-c3ccc4ccccc4c3)cs2)c1. The van der Waals surface area contributed by atoms with Crippen LogP contribution in [-0.4, -0.2) is 9.97 Å². The average molecular weight is 288 g/mol. The standard InChI is InChI=1S/C18H12N2S/c1-2-5-14-10-15(8-7-13(14)4-1)17-12-21-18(20-17)16-6-3-9-19-11-16/h1-12H.